The second kappa shape index (κ2) is 7.61. The Morgan fingerprint density at radius 3 is 2.64 bits per heavy atom. The third-order valence-electron chi connectivity index (χ3n) is 3.46. The summed E-state index contributed by atoms with van der Waals surface area (Å²) in [5, 5.41) is 12.9. The molecule has 0 aliphatic heterocycles. The van der Waals surface area contributed by atoms with Crippen LogP contribution in [0.25, 0.3) is 0 Å². The Kier molecular flexibility index (Phi) is 5.55. The van der Waals surface area contributed by atoms with Gasteiger partial charge in [0.1, 0.15) is 5.75 Å². The van der Waals surface area contributed by atoms with Gasteiger partial charge in [0.2, 0.25) is 5.91 Å². The fourth-order valence-corrected chi connectivity index (χ4v) is 2.13. The predicted molar refractivity (Wildman–Crippen MR) is 85.8 cm³/mol. The summed E-state index contributed by atoms with van der Waals surface area (Å²) in [7, 11) is 1.58. The fourth-order valence-electron chi connectivity index (χ4n) is 2.13. The summed E-state index contributed by atoms with van der Waals surface area (Å²) < 4.78 is 5.12. The van der Waals surface area contributed by atoms with Crippen molar-refractivity contribution >= 4 is 5.91 Å². The maximum absolute atomic E-state index is 11.9. The minimum atomic E-state index is -0.753. The van der Waals surface area contributed by atoms with Gasteiger partial charge in [-0.1, -0.05) is 42.0 Å². The molecule has 1 unspecified atom stereocenters. The van der Waals surface area contributed by atoms with E-state index in [2.05, 4.69) is 5.32 Å². The van der Waals surface area contributed by atoms with Crippen LogP contribution in [0.3, 0.4) is 0 Å². The smallest absolute Gasteiger partial charge is 0.224 e. The molecule has 1 atom stereocenters. The first kappa shape index (κ1) is 16.0. The molecule has 0 spiro atoms. The highest BCUT2D eigenvalue weighted by molar-refractivity contribution is 5.78. The van der Waals surface area contributed by atoms with E-state index in [9.17, 15) is 9.90 Å². The lowest BCUT2D eigenvalue weighted by Crippen LogP contribution is -2.29. The van der Waals surface area contributed by atoms with Crippen LogP contribution in [-0.2, 0) is 11.2 Å². The molecule has 0 fully saturated rings. The van der Waals surface area contributed by atoms with Crippen LogP contribution in [0.1, 0.15) is 22.8 Å². The van der Waals surface area contributed by atoms with Crippen LogP contribution in [0.5, 0.6) is 5.75 Å². The van der Waals surface area contributed by atoms with E-state index in [0.717, 1.165) is 16.7 Å². The van der Waals surface area contributed by atoms with Crippen LogP contribution in [0.15, 0.2) is 48.5 Å². The van der Waals surface area contributed by atoms with Crippen LogP contribution < -0.4 is 10.1 Å². The molecule has 2 aromatic carbocycles. The summed E-state index contributed by atoms with van der Waals surface area (Å²) in [5.74, 6) is 0.577. The van der Waals surface area contributed by atoms with Crippen molar-refractivity contribution in [3.8, 4) is 5.75 Å². The maximum atomic E-state index is 11.9. The van der Waals surface area contributed by atoms with Crippen LogP contribution in [0, 0.1) is 6.92 Å². The zero-order valence-electron chi connectivity index (χ0n) is 12.9. The van der Waals surface area contributed by atoms with Crippen molar-refractivity contribution in [1.29, 1.82) is 0 Å². The lowest BCUT2D eigenvalue weighted by atomic mass is 10.1. The molecule has 4 heteroatoms. The Hall–Kier alpha value is -2.33. The number of amides is 1. The van der Waals surface area contributed by atoms with Gasteiger partial charge < -0.3 is 15.2 Å². The average Bonchev–Trinajstić information content (AvgIpc) is 2.55. The zero-order chi connectivity index (χ0) is 15.9. The number of hydrogen-bond acceptors (Lipinski definition) is 3. The molecule has 0 heterocycles. The Balaban J connectivity index is 1.86. The molecule has 22 heavy (non-hydrogen) atoms. The van der Waals surface area contributed by atoms with Gasteiger partial charge in [-0.3, -0.25) is 4.79 Å². The first-order valence-electron chi connectivity index (χ1n) is 7.23. The van der Waals surface area contributed by atoms with E-state index in [4.69, 9.17) is 4.74 Å². The molecule has 0 saturated carbocycles. The predicted octanol–water partition coefficient (Wildman–Crippen LogP) is 2.40. The monoisotopic (exact) mass is 299 g/mol. The van der Waals surface area contributed by atoms with Crippen LogP contribution in [0.2, 0.25) is 0 Å². The number of aryl methyl sites for hydroxylation is 1. The second-order valence-corrected chi connectivity index (χ2v) is 5.26. The molecule has 0 aliphatic rings. The van der Waals surface area contributed by atoms with Crippen molar-refractivity contribution in [2.75, 3.05) is 13.7 Å². The molecule has 1 amide bonds. The number of methoxy groups -OCH3 is 1. The van der Waals surface area contributed by atoms with E-state index in [0.29, 0.717) is 12.2 Å². The van der Waals surface area contributed by atoms with Crippen molar-refractivity contribution < 1.29 is 14.6 Å². The first-order valence-corrected chi connectivity index (χ1v) is 7.23. The molecule has 2 rings (SSSR count). The van der Waals surface area contributed by atoms with Crippen LogP contribution in [0.4, 0.5) is 0 Å². The van der Waals surface area contributed by atoms with Gasteiger partial charge in [0.05, 0.1) is 19.6 Å². The van der Waals surface area contributed by atoms with Gasteiger partial charge in [-0.2, -0.15) is 0 Å². The highest BCUT2D eigenvalue weighted by Crippen LogP contribution is 2.18. The summed E-state index contributed by atoms with van der Waals surface area (Å²) >= 11 is 0. The van der Waals surface area contributed by atoms with E-state index in [1.54, 1.807) is 19.2 Å². The quantitative estimate of drug-likeness (QED) is 0.861. The first-order chi connectivity index (χ1) is 10.6. The van der Waals surface area contributed by atoms with Crippen molar-refractivity contribution in [2.24, 2.45) is 0 Å². The summed E-state index contributed by atoms with van der Waals surface area (Å²) in [4.78, 5) is 11.9. The largest absolute Gasteiger partial charge is 0.497 e. The molecular weight excluding hydrogens is 278 g/mol. The normalized spacial score (nSPS) is 11.8. The topological polar surface area (TPSA) is 58.6 Å². The molecule has 0 aliphatic carbocycles. The van der Waals surface area contributed by atoms with E-state index in [1.165, 1.54) is 0 Å². The van der Waals surface area contributed by atoms with Crippen LogP contribution >= 0.6 is 0 Å². The zero-order valence-corrected chi connectivity index (χ0v) is 12.9. The fraction of sp³-hybridized carbons (Fsp3) is 0.278. The standard InChI is InChI=1S/C18H21NO3/c1-13-6-8-14(9-7-13)10-18(21)19-12-17(20)15-4-3-5-16(11-15)22-2/h3-9,11,17,20H,10,12H2,1-2H3,(H,19,21). The third-order valence-corrected chi connectivity index (χ3v) is 3.46. The minimum Gasteiger partial charge on any atom is -0.497 e. The summed E-state index contributed by atoms with van der Waals surface area (Å²) in [5.41, 5.74) is 2.84. The Labute approximate surface area is 130 Å². The number of ether oxygens (including phenoxy) is 1. The van der Waals surface area contributed by atoms with Gasteiger partial charge in [0.25, 0.3) is 0 Å². The average molecular weight is 299 g/mol. The van der Waals surface area contributed by atoms with Gasteiger partial charge >= 0.3 is 0 Å². The van der Waals surface area contributed by atoms with Crippen molar-refractivity contribution in [3.05, 3.63) is 65.2 Å². The second-order valence-electron chi connectivity index (χ2n) is 5.26. The molecule has 2 aromatic rings. The number of carbonyl (C=O) groups is 1. The Morgan fingerprint density at radius 1 is 1.23 bits per heavy atom. The lowest BCUT2D eigenvalue weighted by Gasteiger charge is -2.13. The minimum absolute atomic E-state index is 0.106. The Morgan fingerprint density at radius 2 is 1.95 bits per heavy atom. The number of hydrogen-bond donors (Lipinski definition) is 2. The number of rotatable bonds is 6. The van der Waals surface area contributed by atoms with Gasteiger partial charge in [-0.25, -0.2) is 0 Å². The maximum Gasteiger partial charge on any atom is 0.224 e. The number of nitrogens with one attached hydrogen (secondary N) is 1. The van der Waals surface area contributed by atoms with Gasteiger partial charge in [-0.15, -0.1) is 0 Å². The summed E-state index contributed by atoms with van der Waals surface area (Å²) in [6.07, 6.45) is -0.442. The molecular formula is C18H21NO3. The van der Waals surface area contributed by atoms with E-state index >= 15 is 0 Å². The van der Waals surface area contributed by atoms with E-state index in [1.807, 2.05) is 43.3 Å². The SMILES string of the molecule is COc1cccc(C(O)CNC(=O)Cc2ccc(C)cc2)c1. The lowest BCUT2D eigenvalue weighted by molar-refractivity contribution is -0.120. The highest BCUT2D eigenvalue weighted by Gasteiger charge is 2.10. The molecule has 116 valence electrons. The molecule has 0 bridgehead atoms. The molecule has 0 radical (unpaired) electrons. The summed E-state index contributed by atoms with van der Waals surface area (Å²) in [6.45, 7) is 2.19. The molecule has 4 nitrogen and oxygen atoms in total. The van der Waals surface area contributed by atoms with Gasteiger partial charge in [0.15, 0.2) is 0 Å². The van der Waals surface area contributed by atoms with E-state index in [-0.39, 0.29) is 12.5 Å². The number of aliphatic hydroxyl groups excluding tert-OH is 1. The molecule has 2 N–H and O–H groups in total. The Bertz CT molecular complexity index is 622. The van der Waals surface area contributed by atoms with Crippen LogP contribution in [-0.4, -0.2) is 24.7 Å². The molecule has 0 aromatic heterocycles. The molecule has 0 saturated heterocycles. The number of benzene rings is 2. The van der Waals surface area contributed by atoms with E-state index < -0.39 is 6.10 Å². The third kappa shape index (κ3) is 4.60. The summed E-state index contributed by atoms with van der Waals surface area (Å²) in [6, 6.07) is 15.0. The number of aliphatic hydroxyl groups is 1. The van der Waals surface area contributed by atoms with Crippen molar-refractivity contribution in [2.45, 2.75) is 19.4 Å². The number of carbonyl (C=O) groups excluding carboxylic acids is 1. The highest BCUT2D eigenvalue weighted by atomic mass is 16.5. The van der Waals surface area contributed by atoms with Gasteiger partial charge in [0, 0.05) is 6.54 Å². The van der Waals surface area contributed by atoms with Gasteiger partial charge in [-0.05, 0) is 30.2 Å². The van der Waals surface area contributed by atoms with Crippen molar-refractivity contribution in [3.63, 3.8) is 0 Å². The van der Waals surface area contributed by atoms with Crippen molar-refractivity contribution in [1.82, 2.24) is 5.32 Å².